The van der Waals surface area contributed by atoms with Crippen LogP contribution in [0.4, 0.5) is 0 Å². The maximum absolute atomic E-state index is 8.71. The minimum Gasteiger partial charge on any atom is -0.394 e. The van der Waals surface area contributed by atoms with Crippen LogP contribution in [-0.2, 0) is 14.2 Å². The second-order valence-corrected chi connectivity index (χ2v) is 5.05. The molecule has 0 bridgehead atoms. The summed E-state index contributed by atoms with van der Waals surface area (Å²) in [5.41, 5.74) is 0. The third-order valence-electron chi connectivity index (χ3n) is 3.12. The normalized spacial score (nSPS) is 11.4. The first kappa shape index (κ1) is 20.8. The summed E-state index contributed by atoms with van der Waals surface area (Å²) in [4.78, 5) is 2.42. The molecule has 0 aromatic carbocycles. The van der Waals surface area contributed by atoms with E-state index < -0.39 is 0 Å². The molecule has 1 N–H and O–H groups in total. The summed E-state index contributed by atoms with van der Waals surface area (Å²) in [5, 5.41) is 8.71. The fraction of sp³-hybridized carbons (Fsp3) is 1.00. The van der Waals surface area contributed by atoms with Crippen molar-refractivity contribution in [2.45, 2.75) is 39.5 Å². The summed E-state index contributed by atoms with van der Waals surface area (Å²) in [6, 6.07) is 0. The SMILES string of the molecule is CCCOCCCN(CCCCOCC)CCOCCO. The minimum atomic E-state index is 0.0964. The van der Waals surface area contributed by atoms with Crippen molar-refractivity contribution in [1.29, 1.82) is 0 Å². The van der Waals surface area contributed by atoms with Crippen LogP contribution < -0.4 is 0 Å². The summed E-state index contributed by atoms with van der Waals surface area (Å²) in [6.45, 7) is 11.7. The molecule has 0 heterocycles. The lowest BCUT2D eigenvalue weighted by Gasteiger charge is -2.22. The quantitative estimate of drug-likeness (QED) is 0.416. The molecule has 0 rings (SSSR count). The summed E-state index contributed by atoms with van der Waals surface area (Å²) >= 11 is 0. The molecule has 0 saturated heterocycles. The van der Waals surface area contributed by atoms with Gasteiger partial charge in [0.15, 0.2) is 0 Å². The van der Waals surface area contributed by atoms with Crippen LogP contribution in [-0.4, -0.2) is 75.9 Å². The molecule has 0 saturated carbocycles. The van der Waals surface area contributed by atoms with Gasteiger partial charge in [-0.3, -0.25) is 0 Å². The second-order valence-electron chi connectivity index (χ2n) is 5.05. The number of unbranched alkanes of at least 4 members (excludes halogenated alkanes) is 1. The molecule has 0 fully saturated rings. The summed E-state index contributed by atoms with van der Waals surface area (Å²) < 4.78 is 16.2. The Balaban J connectivity index is 3.69. The zero-order chi connectivity index (χ0) is 15.6. The molecule has 0 aromatic heterocycles. The lowest BCUT2D eigenvalue weighted by atomic mass is 10.3. The topological polar surface area (TPSA) is 51.2 Å². The predicted molar refractivity (Wildman–Crippen MR) is 85.8 cm³/mol. The highest BCUT2D eigenvalue weighted by molar-refractivity contribution is 4.58. The third-order valence-corrected chi connectivity index (χ3v) is 3.12. The molecule has 21 heavy (non-hydrogen) atoms. The zero-order valence-electron chi connectivity index (χ0n) is 14.0. The molecule has 5 heteroatoms. The first-order chi connectivity index (χ1) is 10.3. The van der Waals surface area contributed by atoms with Crippen LogP contribution in [0.2, 0.25) is 0 Å². The predicted octanol–water partition coefficient (Wildman–Crippen LogP) is 1.93. The molecule has 128 valence electrons. The molecule has 0 aliphatic carbocycles. The van der Waals surface area contributed by atoms with Gasteiger partial charge in [-0.25, -0.2) is 0 Å². The van der Waals surface area contributed by atoms with Gasteiger partial charge in [0.25, 0.3) is 0 Å². The Bertz CT molecular complexity index is 179. The van der Waals surface area contributed by atoms with E-state index in [9.17, 15) is 0 Å². The van der Waals surface area contributed by atoms with Crippen molar-refractivity contribution in [3.63, 3.8) is 0 Å². The first-order valence-electron chi connectivity index (χ1n) is 8.41. The van der Waals surface area contributed by atoms with E-state index >= 15 is 0 Å². The van der Waals surface area contributed by atoms with Gasteiger partial charge in [-0.05, 0) is 39.2 Å². The maximum Gasteiger partial charge on any atom is 0.0698 e. The number of aliphatic hydroxyl groups excluding tert-OH is 1. The molecule has 0 unspecified atom stereocenters. The molecular weight excluding hydrogens is 270 g/mol. The van der Waals surface area contributed by atoms with Crippen molar-refractivity contribution >= 4 is 0 Å². The van der Waals surface area contributed by atoms with Gasteiger partial charge in [-0.2, -0.15) is 0 Å². The van der Waals surface area contributed by atoms with Crippen LogP contribution in [0, 0.1) is 0 Å². The molecule has 0 aliphatic rings. The van der Waals surface area contributed by atoms with Crippen LogP contribution in [0.25, 0.3) is 0 Å². The van der Waals surface area contributed by atoms with Crippen LogP contribution in [0.5, 0.6) is 0 Å². The van der Waals surface area contributed by atoms with Crippen molar-refractivity contribution < 1.29 is 19.3 Å². The van der Waals surface area contributed by atoms with Crippen LogP contribution in [0.3, 0.4) is 0 Å². The molecule has 0 radical (unpaired) electrons. The van der Waals surface area contributed by atoms with E-state index in [0.717, 1.165) is 71.7 Å². The fourth-order valence-electron chi connectivity index (χ4n) is 2.02. The largest absolute Gasteiger partial charge is 0.394 e. The number of nitrogens with zero attached hydrogens (tertiary/aromatic N) is 1. The lowest BCUT2D eigenvalue weighted by Crippen LogP contribution is -2.31. The molecule has 0 aromatic rings. The average Bonchev–Trinajstić information content (AvgIpc) is 2.50. The van der Waals surface area contributed by atoms with Crippen molar-refractivity contribution in [2.75, 3.05) is 65.9 Å². The Morgan fingerprint density at radius 2 is 1.43 bits per heavy atom. The zero-order valence-corrected chi connectivity index (χ0v) is 14.0. The van der Waals surface area contributed by atoms with E-state index in [1.54, 1.807) is 0 Å². The van der Waals surface area contributed by atoms with Crippen LogP contribution in [0.15, 0.2) is 0 Å². The molecule has 5 nitrogen and oxygen atoms in total. The van der Waals surface area contributed by atoms with Gasteiger partial charge in [0, 0.05) is 39.5 Å². The van der Waals surface area contributed by atoms with Crippen LogP contribution in [0.1, 0.15) is 39.5 Å². The molecule has 0 aliphatic heterocycles. The van der Waals surface area contributed by atoms with Gasteiger partial charge in [0.2, 0.25) is 0 Å². The standard InChI is InChI=1S/C16H35NO4/c1-3-12-20-14-7-9-17(10-15-21-16-11-18)8-5-6-13-19-4-2/h18H,3-16H2,1-2H3. The smallest absolute Gasteiger partial charge is 0.0698 e. The maximum atomic E-state index is 8.71. The first-order valence-corrected chi connectivity index (χ1v) is 8.41. The lowest BCUT2D eigenvalue weighted by molar-refractivity contribution is 0.0675. The highest BCUT2D eigenvalue weighted by atomic mass is 16.5. The van der Waals surface area contributed by atoms with E-state index in [4.69, 9.17) is 19.3 Å². The van der Waals surface area contributed by atoms with Crippen LogP contribution >= 0.6 is 0 Å². The average molecular weight is 305 g/mol. The number of hydrogen-bond acceptors (Lipinski definition) is 5. The van der Waals surface area contributed by atoms with Gasteiger partial charge in [0.05, 0.1) is 19.8 Å². The highest BCUT2D eigenvalue weighted by Gasteiger charge is 2.05. The number of aliphatic hydroxyl groups is 1. The monoisotopic (exact) mass is 305 g/mol. The van der Waals surface area contributed by atoms with Gasteiger partial charge in [-0.1, -0.05) is 6.92 Å². The number of hydrogen-bond donors (Lipinski definition) is 1. The molecule has 0 amide bonds. The van der Waals surface area contributed by atoms with Gasteiger partial charge in [-0.15, -0.1) is 0 Å². The summed E-state index contributed by atoms with van der Waals surface area (Å²) in [6.07, 6.45) is 4.39. The van der Waals surface area contributed by atoms with E-state index in [-0.39, 0.29) is 6.61 Å². The Labute approximate surface area is 130 Å². The van der Waals surface area contributed by atoms with E-state index in [2.05, 4.69) is 11.8 Å². The Morgan fingerprint density at radius 1 is 0.714 bits per heavy atom. The molecular formula is C16H35NO4. The Kier molecular flexibility index (Phi) is 17.7. The van der Waals surface area contributed by atoms with Crippen molar-refractivity contribution in [3.8, 4) is 0 Å². The summed E-state index contributed by atoms with van der Waals surface area (Å²) in [7, 11) is 0. The Hall–Kier alpha value is -0.200. The third kappa shape index (κ3) is 16.0. The highest BCUT2D eigenvalue weighted by Crippen LogP contribution is 1.99. The number of ether oxygens (including phenoxy) is 3. The van der Waals surface area contributed by atoms with Gasteiger partial charge >= 0.3 is 0 Å². The summed E-state index contributed by atoms with van der Waals surface area (Å²) in [5.74, 6) is 0. The molecule has 0 atom stereocenters. The van der Waals surface area contributed by atoms with Gasteiger partial charge < -0.3 is 24.2 Å². The van der Waals surface area contributed by atoms with E-state index in [1.807, 2.05) is 6.92 Å². The van der Waals surface area contributed by atoms with E-state index in [1.165, 1.54) is 0 Å². The fourth-order valence-corrected chi connectivity index (χ4v) is 2.02. The van der Waals surface area contributed by atoms with Crippen molar-refractivity contribution in [3.05, 3.63) is 0 Å². The second kappa shape index (κ2) is 17.9. The minimum absolute atomic E-state index is 0.0964. The number of rotatable bonds is 17. The van der Waals surface area contributed by atoms with E-state index in [0.29, 0.717) is 13.2 Å². The van der Waals surface area contributed by atoms with Crippen molar-refractivity contribution in [1.82, 2.24) is 4.90 Å². The Morgan fingerprint density at radius 3 is 2.14 bits per heavy atom. The van der Waals surface area contributed by atoms with Gasteiger partial charge in [0.1, 0.15) is 0 Å². The molecule has 0 spiro atoms. The van der Waals surface area contributed by atoms with Crippen molar-refractivity contribution in [2.24, 2.45) is 0 Å².